The van der Waals surface area contributed by atoms with E-state index in [1.807, 2.05) is 25.2 Å². The van der Waals surface area contributed by atoms with Crippen LogP contribution in [-0.2, 0) is 0 Å². The van der Waals surface area contributed by atoms with Gasteiger partial charge in [-0.25, -0.2) is 0 Å². The summed E-state index contributed by atoms with van der Waals surface area (Å²) in [5.74, 6) is 0. The molecule has 0 aromatic rings. The topological polar surface area (TPSA) is 20.2 Å². The summed E-state index contributed by atoms with van der Waals surface area (Å²) in [4.78, 5) is 0. The van der Waals surface area contributed by atoms with Crippen molar-refractivity contribution in [2.24, 2.45) is 0 Å². The van der Waals surface area contributed by atoms with Gasteiger partial charge in [0, 0.05) is 0 Å². The Hall–Kier alpha value is -0.820. The average molecular weight is 178 g/mol. The van der Waals surface area contributed by atoms with Gasteiger partial charge in [-0.3, -0.25) is 0 Å². The molecule has 1 aliphatic carbocycles. The molecular weight excluding hydrogens is 160 g/mol. The van der Waals surface area contributed by atoms with Gasteiger partial charge in [0.2, 0.25) is 0 Å². The van der Waals surface area contributed by atoms with Crippen LogP contribution in [0.25, 0.3) is 0 Å². The summed E-state index contributed by atoms with van der Waals surface area (Å²) in [5.41, 5.74) is 1.66. The van der Waals surface area contributed by atoms with Gasteiger partial charge in [0.25, 0.3) is 0 Å². The third kappa shape index (κ3) is 2.85. The highest BCUT2D eigenvalue weighted by atomic mass is 16.3. The number of hydrogen-bond donors (Lipinski definition) is 1. The average Bonchev–Trinajstić information content (AvgIpc) is 2.02. The minimum absolute atomic E-state index is 0.756. The van der Waals surface area contributed by atoms with Crippen LogP contribution >= 0.6 is 0 Å². The fraction of sp³-hybridized carbons (Fsp3) is 0.500. The van der Waals surface area contributed by atoms with Crippen molar-refractivity contribution in [3.05, 3.63) is 35.5 Å². The molecule has 1 unspecified atom stereocenters. The van der Waals surface area contributed by atoms with E-state index in [2.05, 4.69) is 13.0 Å². The second kappa shape index (κ2) is 3.93. The molecule has 0 bridgehead atoms. The Morgan fingerprint density at radius 2 is 2.23 bits per heavy atom. The van der Waals surface area contributed by atoms with Gasteiger partial charge in [0.1, 0.15) is 0 Å². The largest absolute Gasteiger partial charge is 0.382 e. The van der Waals surface area contributed by atoms with Crippen LogP contribution in [0.5, 0.6) is 0 Å². The van der Waals surface area contributed by atoms with Crippen molar-refractivity contribution in [3.63, 3.8) is 0 Å². The summed E-state index contributed by atoms with van der Waals surface area (Å²) in [5, 5.41) is 9.70. The molecule has 0 saturated heterocycles. The normalized spacial score (nSPS) is 30.8. The first-order valence-electron chi connectivity index (χ1n) is 4.87. The SMILES string of the molecule is CCCC=C1C=CC(C)(O)C=C1C. The lowest BCUT2D eigenvalue weighted by Gasteiger charge is -2.20. The van der Waals surface area contributed by atoms with Gasteiger partial charge in [-0.05, 0) is 43.6 Å². The van der Waals surface area contributed by atoms with Crippen LogP contribution in [-0.4, -0.2) is 10.7 Å². The van der Waals surface area contributed by atoms with Gasteiger partial charge in [0.15, 0.2) is 0 Å². The minimum Gasteiger partial charge on any atom is -0.382 e. The second-order valence-electron chi connectivity index (χ2n) is 3.83. The molecule has 0 radical (unpaired) electrons. The molecule has 1 atom stereocenters. The predicted octanol–water partition coefficient (Wildman–Crippen LogP) is 2.98. The zero-order valence-electron chi connectivity index (χ0n) is 8.67. The Balaban J connectivity index is 2.79. The zero-order valence-corrected chi connectivity index (χ0v) is 8.67. The van der Waals surface area contributed by atoms with E-state index in [-0.39, 0.29) is 0 Å². The minimum atomic E-state index is -0.756. The van der Waals surface area contributed by atoms with Crippen LogP contribution in [0.15, 0.2) is 35.5 Å². The van der Waals surface area contributed by atoms with Crippen LogP contribution in [0.1, 0.15) is 33.6 Å². The van der Waals surface area contributed by atoms with Gasteiger partial charge in [-0.15, -0.1) is 0 Å². The van der Waals surface area contributed by atoms with Gasteiger partial charge < -0.3 is 5.11 Å². The van der Waals surface area contributed by atoms with Crippen LogP contribution in [0.3, 0.4) is 0 Å². The van der Waals surface area contributed by atoms with Crippen molar-refractivity contribution in [2.75, 3.05) is 0 Å². The molecule has 1 N–H and O–H groups in total. The van der Waals surface area contributed by atoms with Crippen molar-refractivity contribution in [3.8, 4) is 0 Å². The van der Waals surface area contributed by atoms with E-state index in [1.54, 1.807) is 6.92 Å². The lowest BCUT2D eigenvalue weighted by atomic mass is 9.91. The third-order valence-electron chi connectivity index (χ3n) is 2.22. The zero-order chi connectivity index (χ0) is 9.90. The lowest BCUT2D eigenvalue weighted by molar-refractivity contribution is 0.162. The molecule has 13 heavy (non-hydrogen) atoms. The molecule has 0 aromatic carbocycles. The van der Waals surface area contributed by atoms with E-state index < -0.39 is 5.60 Å². The summed E-state index contributed by atoms with van der Waals surface area (Å²) < 4.78 is 0. The first-order chi connectivity index (χ1) is 6.05. The van der Waals surface area contributed by atoms with E-state index in [0.717, 1.165) is 6.42 Å². The van der Waals surface area contributed by atoms with Gasteiger partial charge >= 0.3 is 0 Å². The molecule has 72 valence electrons. The maximum Gasteiger partial charge on any atom is 0.0989 e. The molecule has 0 fully saturated rings. The maximum atomic E-state index is 9.70. The summed E-state index contributed by atoms with van der Waals surface area (Å²) in [6, 6.07) is 0. The maximum absolute atomic E-state index is 9.70. The predicted molar refractivity (Wildman–Crippen MR) is 56.5 cm³/mol. The number of allylic oxidation sites excluding steroid dienone is 4. The first kappa shape index (κ1) is 10.3. The van der Waals surface area contributed by atoms with E-state index in [1.165, 1.54) is 17.6 Å². The van der Waals surface area contributed by atoms with Crippen LogP contribution in [0.4, 0.5) is 0 Å². The molecule has 0 aromatic heterocycles. The Labute approximate surface area is 80.5 Å². The molecule has 1 nitrogen and oxygen atoms in total. The molecule has 0 heterocycles. The van der Waals surface area contributed by atoms with E-state index >= 15 is 0 Å². The Morgan fingerprint density at radius 1 is 1.54 bits per heavy atom. The smallest absolute Gasteiger partial charge is 0.0989 e. The Kier molecular flexibility index (Phi) is 3.10. The van der Waals surface area contributed by atoms with Crippen molar-refractivity contribution in [1.29, 1.82) is 0 Å². The van der Waals surface area contributed by atoms with Gasteiger partial charge in [-0.1, -0.05) is 25.5 Å². The Morgan fingerprint density at radius 3 is 2.77 bits per heavy atom. The number of rotatable bonds is 2. The van der Waals surface area contributed by atoms with Gasteiger partial charge in [-0.2, -0.15) is 0 Å². The highest BCUT2D eigenvalue weighted by Gasteiger charge is 2.17. The van der Waals surface area contributed by atoms with Crippen LogP contribution < -0.4 is 0 Å². The molecule has 1 heteroatoms. The molecular formula is C12H18O. The number of hydrogen-bond acceptors (Lipinski definition) is 1. The quantitative estimate of drug-likeness (QED) is 0.689. The highest BCUT2D eigenvalue weighted by Crippen LogP contribution is 2.24. The first-order valence-corrected chi connectivity index (χ1v) is 4.87. The second-order valence-corrected chi connectivity index (χ2v) is 3.83. The van der Waals surface area contributed by atoms with Crippen LogP contribution in [0, 0.1) is 0 Å². The number of unbranched alkanes of at least 4 members (excludes halogenated alkanes) is 1. The van der Waals surface area contributed by atoms with Crippen molar-refractivity contribution >= 4 is 0 Å². The van der Waals surface area contributed by atoms with Crippen molar-refractivity contribution in [1.82, 2.24) is 0 Å². The summed E-state index contributed by atoms with van der Waals surface area (Å²) in [6.07, 6.45) is 10.2. The number of aliphatic hydroxyl groups is 1. The molecule has 0 aliphatic heterocycles. The van der Waals surface area contributed by atoms with Crippen molar-refractivity contribution in [2.45, 2.75) is 39.2 Å². The van der Waals surface area contributed by atoms with Crippen molar-refractivity contribution < 1.29 is 5.11 Å². The molecule has 1 rings (SSSR count). The summed E-state index contributed by atoms with van der Waals surface area (Å²) in [6.45, 7) is 6.00. The fourth-order valence-corrected chi connectivity index (χ4v) is 1.49. The molecule has 1 aliphatic rings. The third-order valence-corrected chi connectivity index (χ3v) is 2.22. The standard InChI is InChI=1S/C12H18O/c1-4-5-6-11-7-8-12(3,13)9-10(11)2/h6-9,13H,4-5H2,1-3H3. The van der Waals surface area contributed by atoms with Crippen LogP contribution in [0.2, 0.25) is 0 Å². The fourth-order valence-electron chi connectivity index (χ4n) is 1.49. The van der Waals surface area contributed by atoms with Gasteiger partial charge in [0.05, 0.1) is 5.60 Å². The van der Waals surface area contributed by atoms with E-state index in [4.69, 9.17) is 0 Å². The summed E-state index contributed by atoms with van der Waals surface area (Å²) in [7, 11) is 0. The van der Waals surface area contributed by atoms with E-state index in [9.17, 15) is 5.11 Å². The summed E-state index contributed by atoms with van der Waals surface area (Å²) >= 11 is 0. The Bertz CT molecular complexity index is 267. The lowest BCUT2D eigenvalue weighted by Crippen LogP contribution is -2.20. The van der Waals surface area contributed by atoms with E-state index in [0.29, 0.717) is 0 Å². The molecule has 0 spiro atoms. The molecule has 0 amide bonds. The molecule has 0 saturated carbocycles. The highest BCUT2D eigenvalue weighted by molar-refractivity contribution is 5.45. The monoisotopic (exact) mass is 178 g/mol.